The molecule has 102 valence electrons. The van der Waals surface area contributed by atoms with Crippen LogP contribution in [0, 0.1) is 5.92 Å². The maximum atomic E-state index is 5.77. The molecule has 5 heteroatoms. The minimum absolute atomic E-state index is 0.328. The van der Waals surface area contributed by atoms with E-state index in [0.29, 0.717) is 24.3 Å². The van der Waals surface area contributed by atoms with Gasteiger partial charge in [0.15, 0.2) is 0 Å². The first-order valence-electron chi connectivity index (χ1n) is 6.79. The molecule has 1 fully saturated rings. The minimum Gasteiger partial charge on any atom is -0.367 e. The van der Waals surface area contributed by atoms with Gasteiger partial charge in [0.2, 0.25) is 11.7 Å². The van der Waals surface area contributed by atoms with Crippen LogP contribution in [-0.2, 0) is 10.3 Å². The number of hydrogen-bond acceptors (Lipinski definition) is 5. The average molecular weight is 253 g/mol. The van der Waals surface area contributed by atoms with E-state index in [9.17, 15) is 0 Å². The summed E-state index contributed by atoms with van der Waals surface area (Å²) in [6.45, 7) is 10.9. The Bertz CT molecular complexity index is 393. The van der Waals surface area contributed by atoms with Crippen molar-refractivity contribution in [2.45, 2.75) is 45.6 Å². The van der Waals surface area contributed by atoms with E-state index in [1.54, 1.807) is 0 Å². The van der Waals surface area contributed by atoms with Crippen LogP contribution in [0.2, 0.25) is 0 Å². The van der Waals surface area contributed by atoms with Gasteiger partial charge in [-0.15, -0.1) is 0 Å². The molecular weight excluding hydrogens is 230 g/mol. The van der Waals surface area contributed by atoms with Crippen LogP contribution in [-0.4, -0.2) is 29.8 Å². The van der Waals surface area contributed by atoms with E-state index >= 15 is 0 Å². The summed E-state index contributed by atoms with van der Waals surface area (Å²) in [6, 6.07) is 0. The molecule has 0 saturated carbocycles. The van der Waals surface area contributed by atoms with Crippen LogP contribution >= 0.6 is 0 Å². The van der Waals surface area contributed by atoms with Crippen LogP contribution in [0.15, 0.2) is 4.52 Å². The second-order valence-corrected chi connectivity index (χ2v) is 5.22. The highest BCUT2D eigenvalue weighted by atomic mass is 16.5. The van der Waals surface area contributed by atoms with Crippen LogP contribution in [0.1, 0.15) is 51.7 Å². The number of ether oxygens (including phenoxy) is 1. The summed E-state index contributed by atoms with van der Waals surface area (Å²) >= 11 is 0. The van der Waals surface area contributed by atoms with E-state index in [4.69, 9.17) is 9.26 Å². The van der Waals surface area contributed by atoms with Gasteiger partial charge in [0.05, 0.1) is 5.92 Å². The lowest BCUT2D eigenvalue weighted by Crippen LogP contribution is -2.26. The van der Waals surface area contributed by atoms with Crippen LogP contribution < -0.4 is 5.32 Å². The summed E-state index contributed by atoms with van der Waals surface area (Å²) in [4.78, 5) is 4.56. The molecule has 1 N–H and O–H groups in total. The predicted molar refractivity (Wildman–Crippen MR) is 68.3 cm³/mol. The van der Waals surface area contributed by atoms with Crippen LogP contribution in [0.25, 0.3) is 0 Å². The molecule has 1 aliphatic heterocycles. The number of nitrogens with one attached hydrogen (secondary N) is 1. The van der Waals surface area contributed by atoms with Crippen molar-refractivity contribution in [2.24, 2.45) is 5.92 Å². The Hall–Kier alpha value is -0.940. The topological polar surface area (TPSA) is 60.2 Å². The summed E-state index contributed by atoms with van der Waals surface area (Å²) < 4.78 is 11.2. The van der Waals surface area contributed by atoms with Crippen molar-refractivity contribution >= 4 is 0 Å². The minimum atomic E-state index is -0.439. The van der Waals surface area contributed by atoms with E-state index in [1.165, 1.54) is 0 Å². The van der Waals surface area contributed by atoms with Gasteiger partial charge in [0.25, 0.3) is 0 Å². The fourth-order valence-electron chi connectivity index (χ4n) is 2.38. The van der Waals surface area contributed by atoms with Gasteiger partial charge in [0.1, 0.15) is 5.60 Å². The fraction of sp³-hybridized carbons (Fsp3) is 0.846. The maximum absolute atomic E-state index is 5.77. The Balaban J connectivity index is 2.18. The first-order valence-corrected chi connectivity index (χ1v) is 6.79. The lowest BCUT2D eigenvalue weighted by atomic mass is 9.98. The molecule has 0 spiro atoms. The number of aromatic nitrogens is 2. The van der Waals surface area contributed by atoms with Gasteiger partial charge in [-0.2, -0.15) is 4.98 Å². The highest BCUT2D eigenvalue weighted by Crippen LogP contribution is 2.30. The Labute approximate surface area is 108 Å². The van der Waals surface area contributed by atoms with Gasteiger partial charge in [0, 0.05) is 13.2 Å². The molecule has 2 rings (SSSR count). The van der Waals surface area contributed by atoms with E-state index < -0.39 is 5.60 Å². The monoisotopic (exact) mass is 253 g/mol. The highest BCUT2D eigenvalue weighted by Gasteiger charge is 2.34. The number of rotatable bonds is 5. The lowest BCUT2D eigenvalue weighted by Gasteiger charge is -2.23. The summed E-state index contributed by atoms with van der Waals surface area (Å²) in [5, 5.41) is 7.47. The molecule has 0 aliphatic carbocycles. The maximum Gasteiger partial charge on any atom is 0.231 e. The van der Waals surface area contributed by atoms with Crippen molar-refractivity contribution in [1.29, 1.82) is 0 Å². The largest absolute Gasteiger partial charge is 0.367 e. The van der Waals surface area contributed by atoms with E-state index in [1.807, 2.05) is 13.8 Å². The van der Waals surface area contributed by atoms with Crippen LogP contribution in [0.4, 0.5) is 0 Å². The first-order chi connectivity index (χ1) is 8.60. The second-order valence-electron chi connectivity index (χ2n) is 5.22. The summed E-state index contributed by atoms with van der Waals surface area (Å²) in [5.41, 5.74) is -0.439. The van der Waals surface area contributed by atoms with Crippen molar-refractivity contribution in [1.82, 2.24) is 15.5 Å². The summed E-state index contributed by atoms with van der Waals surface area (Å²) in [6.07, 6.45) is 0.832. The van der Waals surface area contributed by atoms with Crippen LogP contribution in [0.5, 0.6) is 0 Å². The smallest absolute Gasteiger partial charge is 0.231 e. The number of nitrogens with zero attached hydrogens (tertiary/aromatic N) is 2. The highest BCUT2D eigenvalue weighted by molar-refractivity contribution is 5.05. The van der Waals surface area contributed by atoms with E-state index in [-0.39, 0.29) is 0 Å². The SMILES string of the molecule is CCOC(C)(CC)c1noc(C2CNCC2C)n1. The molecule has 1 aliphatic rings. The standard InChI is InChI=1S/C13H23N3O2/c1-5-13(4,17-6-2)12-15-11(18-16-12)10-8-14-7-9(10)3/h9-10,14H,5-8H2,1-4H3. The average Bonchev–Trinajstić information content (AvgIpc) is 2.97. The molecule has 1 aromatic heterocycles. The molecule has 3 atom stereocenters. The van der Waals surface area contributed by atoms with Gasteiger partial charge in [-0.3, -0.25) is 0 Å². The fourth-order valence-corrected chi connectivity index (χ4v) is 2.38. The third-order valence-corrected chi connectivity index (χ3v) is 3.89. The molecule has 5 nitrogen and oxygen atoms in total. The normalized spacial score (nSPS) is 27.3. The quantitative estimate of drug-likeness (QED) is 0.870. The molecule has 0 bridgehead atoms. The van der Waals surface area contributed by atoms with Gasteiger partial charge >= 0.3 is 0 Å². The van der Waals surface area contributed by atoms with Gasteiger partial charge in [-0.05, 0) is 32.7 Å². The molecule has 18 heavy (non-hydrogen) atoms. The van der Waals surface area contributed by atoms with Gasteiger partial charge < -0.3 is 14.6 Å². The molecule has 0 aromatic carbocycles. The molecule has 2 heterocycles. The zero-order valence-corrected chi connectivity index (χ0v) is 11.7. The molecule has 3 unspecified atom stereocenters. The summed E-state index contributed by atoms with van der Waals surface area (Å²) in [5.74, 6) is 2.27. The lowest BCUT2D eigenvalue weighted by molar-refractivity contribution is -0.0403. The Morgan fingerprint density at radius 3 is 2.78 bits per heavy atom. The summed E-state index contributed by atoms with van der Waals surface area (Å²) in [7, 11) is 0. The van der Waals surface area contributed by atoms with Gasteiger partial charge in [-0.25, -0.2) is 0 Å². The Morgan fingerprint density at radius 2 is 2.22 bits per heavy atom. The zero-order chi connectivity index (χ0) is 13.2. The first kappa shape index (κ1) is 13.5. The Morgan fingerprint density at radius 1 is 1.44 bits per heavy atom. The molecule has 0 radical (unpaired) electrons. The van der Waals surface area contributed by atoms with Gasteiger partial charge in [-0.1, -0.05) is 19.0 Å². The third-order valence-electron chi connectivity index (χ3n) is 3.89. The van der Waals surface area contributed by atoms with Crippen LogP contribution in [0.3, 0.4) is 0 Å². The van der Waals surface area contributed by atoms with Crippen molar-refractivity contribution in [3.8, 4) is 0 Å². The third kappa shape index (κ3) is 2.42. The van der Waals surface area contributed by atoms with E-state index in [0.717, 1.165) is 25.4 Å². The van der Waals surface area contributed by atoms with Crippen molar-refractivity contribution < 1.29 is 9.26 Å². The number of hydrogen-bond donors (Lipinski definition) is 1. The van der Waals surface area contributed by atoms with Crippen molar-refractivity contribution in [3.63, 3.8) is 0 Å². The predicted octanol–water partition coefficient (Wildman–Crippen LogP) is 2.05. The molecule has 1 aromatic rings. The zero-order valence-electron chi connectivity index (χ0n) is 11.7. The second kappa shape index (κ2) is 5.36. The van der Waals surface area contributed by atoms with E-state index in [2.05, 4.69) is 29.3 Å². The van der Waals surface area contributed by atoms with Crippen molar-refractivity contribution in [3.05, 3.63) is 11.7 Å². The molecule has 1 saturated heterocycles. The molecule has 0 amide bonds. The molecular formula is C13H23N3O2. The van der Waals surface area contributed by atoms with Crippen molar-refractivity contribution in [2.75, 3.05) is 19.7 Å². The Kier molecular flexibility index (Phi) is 4.02.